The van der Waals surface area contributed by atoms with E-state index in [-0.39, 0.29) is 18.1 Å². The third kappa shape index (κ3) is 3.40. The summed E-state index contributed by atoms with van der Waals surface area (Å²) < 4.78 is 10.5. The van der Waals surface area contributed by atoms with Crippen molar-refractivity contribution in [3.8, 4) is 0 Å². The SMILES string of the molecule is COC[C@@H]1C[C@@H](OC)CN1C(=O)c1cccc(C(N)=O)c1. The molecule has 0 aromatic heterocycles. The van der Waals surface area contributed by atoms with Gasteiger partial charge < -0.3 is 20.1 Å². The highest BCUT2D eigenvalue weighted by molar-refractivity contribution is 5.99. The first-order valence-corrected chi connectivity index (χ1v) is 6.79. The standard InChI is InChI=1S/C15H20N2O4/c1-20-9-12-7-13(21-2)8-17(12)15(19)11-5-3-4-10(6-11)14(16)18/h3-6,12-13H,7-9H2,1-2H3,(H2,16,18)/t12-,13+/m0/s1. The van der Waals surface area contributed by atoms with E-state index in [9.17, 15) is 9.59 Å². The fraction of sp³-hybridized carbons (Fsp3) is 0.467. The molecular weight excluding hydrogens is 272 g/mol. The summed E-state index contributed by atoms with van der Waals surface area (Å²) in [6, 6.07) is 6.42. The second-order valence-electron chi connectivity index (χ2n) is 5.11. The second-order valence-corrected chi connectivity index (χ2v) is 5.11. The molecule has 21 heavy (non-hydrogen) atoms. The van der Waals surface area contributed by atoms with E-state index in [0.29, 0.717) is 24.3 Å². The number of amides is 2. The molecule has 1 saturated heterocycles. The number of hydrogen-bond acceptors (Lipinski definition) is 4. The van der Waals surface area contributed by atoms with Crippen LogP contribution in [0.1, 0.15) is 27.1 Å². The van der Waals surface area contributed by atoms with Crippen LogP contribution in [0, 0.1) is 0 Å². The number of ether oxygens (including phenoxy) is 2. The maximum Gasteiger partial charge on any atom is 0.254 e. The Labute approximate surface area is 123 Å². The summed E-state index contributed by atoms with van der Waals surface area (Å²) in [6.07, 6.45) is 0.749. The Bertz CT molecular complexity index is 532. The van der Waals surface area contributed by atoms with Gasteiger partial charge in [-0.1, -0.05) is 6.07 Å². The van der Waals surface area contributed by atoms with Gasteiger partial charge in [0.2, 0.25) is 5.91 Å². The van der Waals surface area contributed by atoms with Gasteiger partial charge in [0, 0.05) is 31.9 Å². The lowest BCUT2D eigenvalue weighted by molar-refractivity contribution is 0.0612. The van der Waals surface area contributed by atoms with Crippen molar-refractivity contribution >= 4 is 11.8 Å². The van der Waals surface area contributed by atoms with Crippen LogP contribution in [0.3, 0.4) is 0 Å². The maximum atomic E-state index is 12.6. The summed E-state index contributed by atoms with van der Waals surface area (Å²) in [7, 11) is 3.24. The van der Waals surface area contributed by atoms with E-state index in [2.05, 4.69) is 0 Å². The molecule has 1 aliphatic heterocycles. The van der Waals surface area contributed by atoms with Crippen molar-refractivity contribution in [2.45, 2.75) is 18.6 Å². The number of rotatable bonds is 5. The van der Waals surface area contributed by atoms with Crippen LogP contribution >= 0.6 is 0 Å². The van der Waals surface area contributed by atoms with Crippen molar-refractivity contribution < 1.29 is 19.1 Å². The normalized spacial score (nSPS) is 21.5. The zero-order chi connectivity index (χ0) is 15.4. The number of nitrogens with zero attached hydrogens (tertiary/aromatic N) is 1. The van der Waals surface area contributed by atoms with Gasteiger partial charge in [0.05, 0.1) is 18.8 Å². The van der Waals surface area contributed by atoms with E-state index < -0.39 is 5.91 Å². The summed E-state index contributed by atoms with van der Waals surface area (Å²) >= 11 is 0. The van der Waals surface area contributed by atoms with E-state index >= 15 is 0 Å². The van der Waals surface area contributed by atoms with Gasteiger partial charge in [-0.25, -0.2) is 0 Å². The fourth-order valence-corrected chi connectivity index (χ4v) is 2.61. The van der Waals surface area contributed by atoms with E-state index in [4.69, 9.17) is 15.2 Å². The molecule has 0 bridgehead atoms. The van der Waals surface area contributed by atoms with Crippen LogP contribution in [0.2, 0.25) is 0 Å². The van der Waals surface area contributed by atoms with Gasteiger partial charge in [-0.05, 0) is 24.6 Å². The minimum Gasteiger partial charge on any atom is -0.383 e. The Kier molecular flexibility index (Phi) is 4.93. The highest BCUT2D eigenvalue weighted by Gasteiger charge is 2.35. The average Bonchev–Trinajstić information content (AvgIpc) is 2.90. The van der Waals surface area contributed by atoms with Crippen LogP contribution < -0.4 is 5.73 Å². The summed E-state index contributed by atoms with van der Waals surface area (Å²) in [5.74, 6) is -0.686. The van der Waals surface area contributed by atoms with Gasteiger partial charge in [-0.3, -0.25) is 9.59 Å². The summed E-state index contributed by atoms with van der Waals surface area (Å²) in [5.41, 5.74) is 6.02. The smallest absolute Gasteiger partial charge is 0.254 e. The van der Waals surface area contributed by atoms with Crippen LogP contribution in [0.15, 0.2) is 24.3 Å². The number of carbonyl (C=O) groups excluding carboxylic acids is 2. The number of primary amides is 1. The molecule has 2 atom stereocenters. The molecule has 1 aliphatic rings. The van der Waals surface area contributed by atoms with Crippen LogP contribution in [-0.4, -0.2) is 56.2 Å². The maximum absolute atomic E-state index is 12.6. The molecule has 0 unspecified atom stereocenters. The molecular formula is C15H20N2O4. The highest BCUT2D eigenvalue weighted by atomic mass is 16.5. The Morgan fingerprint density at radius 2 is 2.05 bits per heavy atom. The minimum atomic E-state index is -0.547. The first kappa shape index (κ1) is 15.5. The molecule has 2 amide bonds. The second kappa shape index (κ2) is 6.69. The number of hydrogen-bond donors (Lipinski definition) is 1. The molecule has 0 radical (unpaired) electrons. The predicted octanol–water partition coefficient (Wildman–Crippen LogP) is 0.661. The Morgan fingerprint density at radius 1 is 1.33 bits per heavy atom. The molecule has 1 aromatic carbocycles. The third-order valence-corrected chi connectivity index (χ3v) is 3.72. The van der Waals surface area contributed by atoms with Crippen molar-refractivity contribution in [3.63, 3.8) is 0 Å². The van der Waals surface area contributed by atoms with Crippen molar-refractivity contribution in [1.29, 1.82) is 0 Å². The lowest BCUT2D eigenvalue weighted by atomic mass is 10.1. The first-order valence-electron chi connectivity index (χ1n) is 6.79. The molecule has 1 fully saturated rings. The molecule has 1 aromatic rings. The van der Waals surface area contributed by atoms with Crippen molar-refractivity contribution in [2.75, 3.05) is 27.4 Å². The first-order chi connectivity index (χ1) is 10.1. The quantitative estimate of drug-likeness (QED) is 0.864. The summed E-state index contributed by atoms with van der Waals surface area (Å²) in [6.45, 7) is 0.977. The molecule has 0 spiro atoms. The number of methoxy groups -OCH3 is 2. The lowest BCUT2D eigenvalue weighted by Crippen LogP contribution is -2.38. The lowest BCUT2D eigenvalue weighted by Gasteiger charge is -2.24. The average molecular weight is 292 g/mol. The van der Waals surface area contributed by atoms with Crippen molar-refractivity contribution in [1.82, 2.24) is 4.90 Å². The minimum absolute atomic E-state index is 0.00780. The highest BCUT2D eigenvalue weighted by Crippen LogP contribution is 2.23. The van der Waals surface area contributed by atoms with E-state index in [1.54, 1.807) is 37.3 Å². The fourth-order valence-electron chi connectivity index (χ4n) is 2.61. The van der Waals surface area contributed by atoms with Crippen molar-refractivity contribution in [2.24, 2.45) is 5.73 Å². The van der Waals surface area contributed by atoms with Gasteiger partial charge in [0.15, 0.2) is 0 Å². The zero-order valence-electron chi connectivity index (χ0n) is 12.2. The van der Waals surface area contributed by atoms with Gasteiger partial charge in [-0.2, -0.15) is 0 Å². The predicted molar refractivity (Wildman–Crippen MR) is 77.1 cm³/mol. The largest absolute Gasteiger partial charge is 0.383 e. The number of benzene rings is 1. The topological polar surface area (TPSA) is 81.9 Å². The van der Waals surface area contributed by atoms with Gasteiger partial charge >= 0.3 is 0 Å². The molecule has 2 N–H and O–H groups in total. The Morgan fingerprint density at radius 3 is 2.67 bits per heavy atom. The van der Waals surface area contributed by atoms with Gasteiger partial charge in [-0.15, -0.1) is 0 Å². The molecule has 1 heterocycles. The Balaban J connectivity index is 2.21. The number of carbonyl (C=O) groups is 2. The molecule has 114 valence electrons. The number of nitrogens with two attached hydrogens (primary N) is 1. The summed E-state index contributed by atoms with van der Waals surface area (Å²) in [5, 5.41) is 0. The number of likely N-dealkylation sites (tertiary alicyclic amines) is 1. The van der Waals surface area contributed by atoms with Gasteiger partial charge in [0.1, 0.15) is 0 Å². The third-order valence-electron chi connectivity index (χ3n) is 3.72. The molecule has 2 rings (SSSR count). The molecule has 6 nitrogen and oxygen atoms in total. The monoisotopic (exact) mass is 292 g/mol. The van der Waals surface area contributed by atoms with Crippen LogP contribution in [0.4, 0.5) is 0 Å². The molecule has 0 saturated carbocycles. The molecule has 6 heteroatoms. The zero-order valence-corrected chi connectivity index (χ0v) is 12.2. The van der Waals surface area contributed by atoms with Crippen molar-refractivity contribution in [3.05, 3.63) is 35.4 Å². The molecule has 0 aliphatic carbocycles. The van der Waals surface area contributed by atoms with Crippen LogP contribution in [0.25, 0.3) is 0 Å². The Hall–Kier alpha value is -1.92. The summed E-state index contributed by atoms with van der Waals surface area (Å²) in [4.78, 5) is 25.6. The van der Waals surface area contributed by atoms with E-state index in [0.717, 1.165) is 6.42 Å². The van der Waals surface area contributed by atoms with Crippen LogP contribution in [0.5, 0.6) is 0 Å². The van der Waals surface area contributed by atoms with E-state index in [1.807, 2.05) is 0 Å². The van der Waals surface area contributed by atoms with Crippen LogP contribution in [-0.2, 0) is 9.47 Å². The van der Waals surface area contributed by atoms with E-state index in [1.165, 1.54) is 6.07 Å². The van der Waals surface area contributed by atoms with Gasteiger partial charge in [0.25, 0.3) is 5.91 Å².